The summed E-state index contributed by atoms with van der Waals surface area (Å²) in [5.74, 6) is -0.306. The number of benzene rings is 3. The summed E-state index contributed by atoms with van der Waals surface area (Å²) in [6.07, 6.45) is 1.19. The monoisotopic (exact) mass is 512 g/mol. The van der Waals surface area contributed by atoms with Gasteiger partial charge in [0.2, 0.25) is 0 Å². The minimum absolute atomic E-state index is 0.135. The second-order valence-electron chi connectivity index (χ2n) is 10.2. The lowest BCUT2D eigenvalue weighted by Gasteiger charge is -2.28. The molecule has 0 atom stereocenters. The zero-order chi connectivity index (χ0) is 27.6. The van der Waals surface area contributed by atoms with Crippen LogP contribution < -0.4 is 9.64 Å². The molecular formula is C31H32N2O5. The first-order valence-corrected chi connectivity index (χ1v) is 12.3. The number of carboxylic acid groups (broad SMARTS) is 1. The summed E-state index contributed by atoms with van der Waals surface area (Å²) in [6.45, 7) is 9.42. The van der Waals surface area contributed by atoms with Crippen LogP contribution in [0.4, 0.5) is 10.5 Å². The number of carbonyl (C=O) groups excluding carboxylic acids is 1. The molecule has 4 rings (SSSR count). The maximum atomic E-state index is 13.6. The summed E-state index contributed by atoms with van der Waals surface area (Å²) in [4.78, 5) is 31.8. The number of anilines is 1. The number of aryl methyl sites for hydroxylation is 1. The molecule has 1 N–H and O–H groups in total. The topological polar surface area (TPSA) is 89.0 Å². The number of aromatic carboxylic acids is 1. The van der Waals surface area contributed by atoms with Gasteiger partial charge in [0.1, 0.15) is 11.4 Å². The van der Waals surface area contributed by atoms with Crippen LogP contribution in [0.25, 0.3) is 21.9 Å². The van der Waals surface area contributed by atoms with E-state index in [0.717, 1.165) is 21.9 Å². The fourth-order valence-electron chi connectivity index (χ4n) is 4.54. The van der Waals surface area contributed by atoms with Gasteiger partial charge < -0.3 is 14.6 Å². The highest BCUT2D eigenvalue weighted by Gasteiger charge is 2.27. The van der Waals surface area contributed by atoms with Crippen LogP contribution in [0, 0.1) is 13.8 Å². The van der Waals surface area contributed by atoms with E-state index in [9.17, 15) is 14.7 Å². The number of aromatic nitrogens is 1. The summed E-state index contributed by atoms with van der Waals surface area (Å²) in [6, 6.07) is 18.3. The maximum absolute atomic E-state index is 13.6. The van der Waals surface area contributed by atoms with Crippen molar-refractivity contribution in [2.75, 3.05) is 12.0 Å². The van der Waals surface area contributed by atoms with E-state index in [0.29, 0.717) is 28.3 Å². The molecule has 0 fully saturated rings. The molecule has 0 unspecified atom stereocenters. The van der Waals surface area contributed by atoms with Crippen molar-refractivity contribution in [1.29, 1.82) is 0 Å². The zero-order valence-electron chi connectivity index (χ0n) is 22.5. The largest absolute Gasteiger partial charge is 0.496 e. The molecule has 4 aromatic rings. The summed E-state index contributed by atoms with van der Waals surface area (Å²) >= 11 is 0. The molecule has 0 radical (unpaired) electrons. The molecule has 38 heavy (non-hydrogen) atoms. The third kappa shape index (κ3) is 5.47. The third-order valence-electron chi connectivity index (χ3n) is 6.28. The fraction of sp³-hybridized carbons (Fsp3) is 0.258. The second kappa shape index (κ2) is 10.5. The lowest BCUT2D eigenvalue weighted by atomic mass is 9.93. The number of hydrogen-bond acceptors (Lipinski definition) is 5. The van der Waals surface area contributed by atoms with Gasteiger partial charge in [-0.05, 0) is 74.7 Å². The lowest BCUT2D eigenvalue weighted by molar-refractivity contribution is 0.0576. The first-order chi connectivity index (χ1) is 18.0. The normalized spacial score (nSPS) is 11.3. The Hall–Kier alpha value is -4.39. The predicted molar refractivity (Wildman–Crippen MR) is 149 cm³/mol. The number of pyridine rings is 1. The van der Waals surface area contributed by atoms with Crippen molar-refractivity contribution < 1.29 is 24.2 Å². The Morgan fingerprint density at radius 3 is 2.34 bits per heavy atom. The van der Waals surface area contributed by atoms with E-state index in [1.165, 1.54) is 4.90 Å². The molecule has 1 aromatic heterocycles. The first kappa shape index (κ1) is 26.7. The highest BCUT2D eigenvalue weighted by atomic mass is 16.6. The maximum Gasteiger partial charge on any atom is 0.415 e. The van der Waals surface area contributed by atoms with Crippen molar-refractivity contribution in [2.45, 2.75) is 46.8 Å². The zero-order valence-corrected chi connectivity index (χ0v) is 22.5. The molecule has 0 saturated heterocycles. The van der Waals surface area contributed by atoms with Crippen LogP contribution in [-0.2, 0) is 11.3 Å². The van der Waals surface area contributed by atoms with E-state index in [2.05, 4.69) is 4.98 Å². The molecule has 1 amide bonds. The first-order valence-electron chi connectivity index (χ1n) is 12.3. The average molecular weight is 513 g/mol. The number of amides is 1. The fourth-order valence-corrected chi connectivity index (χ4v) is 4.54. The van der Waals surface area contributed by atoms with Crippen LogP contribution in [0.5, 0.6) is 5.75 Å². The molecule has 7 heteroatoms. The average Bonchev–Trinajstić information content (AvgIpc) is 2.87. The quantitative estimate of drug-likeness (QED) is 0.295. The molecule has 0 aliphatic heterocycles. The van der Waals surface area contributed by atoms with Crippen LogP contribution in [-0.4, -0.2) is 34.9 Å². The van der Waals surface area contributed by atoms with Gasteiger partial charge >= 0.3 is 12.1 Å². The van der Waals surface area contributed by atoms with Crippen LogP contribution in [0.15, 0.2) is 66.9 Å². The van der Waals surface area contributed by atoms with E-state index >= 15 is 0 Å². The van der Waals surface area contributed by atoms with Crippen molar-refractivity contribution in [1.82, 2.24) is 4.98 Å². The van der Waals surface area contributed by atoms with Crippen LogP contribution >= 0.6 is 0 Å². The number of nitrogens with zero attached hydrogens (tertiary/aromatic N) is 2. The number of ether oxygens (including phenoxy) is 2. The Labute approximate surface area is 222 Å². The van der Waals surface area contributed by atoms with E-state index in [1.54, 1.807) is 37.6 Å². The van der Waals surface area contributed by atoms with Crippen LogP contribution in [0.3, 0.4) is 0 Å². The smallest absolute Gasteiger partial charge is 0.415 e. The summed E-state index contributed by atoms with van der Waals surface area (Å²) in [5.41, 5.74) is 3.68. The van der Waals surface area contributed by atoms with Gasteiger partial charge in [-0.1, -0.05) is 42.5 Å². The molecule has 0 bridgehead atoms. The number of rotatable bonds is 6. The number of methoxy groups -OCH3 is 1. The van der Waals surface area contributed by atoms with Gasteiger partial charge in [0, 0.05) is 23.0 Å². The Bertz CT molecular complexity index is 1520. The molecule has 0 aliphatic rings. The van der Waals surface area contributed by atoms with Gasteiger partial charge in [0.05, 0.1) is 24.9 Å². The van der Waals surface area contributed by atoms with E-state index < -0.39 is 17.7 Å². The summed E-state index contributed by atoms with van der Waals surface area (Å²) < 4.78 is 11.4. The van der Waals surface area contributed by atoms with Crippen molar-refractivity contribution in [3.63, 3.8) is 0 Å². The van der Waals surface area contributed by atoms with Gasteiger partial charge in [0.15, 0.2) is 0 Å². The Morgan fingerprint density at radius 1 is 0.974 bits per heavy atom. The van der Waals surface area contributed by atoms with Crippen molar-refractivity contribution in [2.24, 2.45) is 0 Å². The molecule has 0 spiro atoms. The Kier molecular flexibility index (Phi) is 7.39. The van der Waals surface area contributed by atoms with Gasteiger partial charge in [-0.15, -0.1) is 0 Å². The number of carboxylic acids is 1. The van der Waals surface area contributed by atoms with Crippen molar-refractivity contribution >= 4 is 28.5 Å². The number of fused-ring (bicyclic) bond motifs is 1. The van der Waals surface area contributed by atoms with E-state index in [4.69, 9.17) is 9.47 Å². The molecular weight excluding hydrogens is 480 g/mol. The second-order valence-corrected chi connectivity index (χ2v) is 10.2. The molecule has 0 aliphatic carbocycles. The molecule has 196 valence electrons. The van der Waals surface area contributed by atoms with Crippen molar-refractivity contribution in [3.8, 4) is 16.9 Å². The van der Waals surface area contributed by atoms with Crippen LogP contribution in [0.2, 0.25) is 0 Å². The Balaban J connectivity index is 1.94. The van der Waals surface area contributed by atoms with Gasteiger partial charge in [-0.25, -0.2) is 9.59 Å². The highest BCUT2D eigenvalue weighted by molar-refractivity contribution is 6.06. The predicted octanol–water partition coefficient (Wildman–Crippen LogP) is 7.17. The molecule has 0 saturated carbocycles. The van der Waals surface area contributed by atoms with Crippen molar-refractivity contribution in [3.05, 3.63) is 89.2 Å². The third-order valence-corrected chi connectivity index (χ3v) is 6.28. The summed E-state index contributed by atoms with van der Waals surface area (Å²) in [7, 11) is 1.61. The lowest BCUT2D eigenvalue weighted by Crippen LogP contribution is -2.37. The van der Waals surface area contributed by atoms with Crippen LogP contribution in [0.1, 0.15) is 48.0 Å². The van der Waals surface area contributed by atoms with Gasteiger partial charge in [-0.2, -0.15) is 0 Å². The molecule has 7 nitrogen and oxygen atoms in total. The number of hydrogen-bond donors (Lipinski definition) is 1. The number of carbonyl (C=O) groups is 2. The minimum atomic E-state index is -1.02. The van der Waals surface area contributed by atoms with E-state index in [-0.39, 0.29) is 12.1 Å². The van der Waals surface area contributed by atoms with Gasteiger partial charge in [-0.3, -0.25) is 9.88 Å². The molecule has 1 heterocycles. The summed E-state index contributed by atoms with van der Waals surface area (Å²) in [5, 5.41) is 11.6. The van der Waals surface area contributed by atoms with E-state index in [1.807, 2.05) is 71.0 Å². The Morgan fingerprint density at radius 2 is 1.66 bits per heavy atom. The minimum Gasteiger partial charge on any atom is -0.496 e. The van der Waals surface area contributed by atoms with Gasteiger partial charge in [0.25, 0.3) is 0 Å². The molecule has 3 aromatic carbocycles. The standard InChI is InChI=1S/C31H32N2O5/c1-19-17-32-27(20(2)28(19)37-6)18-33(30(36)38-31(3,4)5)22-15-21-11-7-8-12-23(21)26(16-22)24-13-9-10-14-25(24)29(34)35/h7-17H,18H2,1-6H3,(H,34,35). The SMILES string of the molecule is COc1c(C)cnc(CN(C(=O)OC(C)(C)C)c2cc(-c3ccccc3C(=O)O)c3ccccc3c2)c1C. The highest BCUT2D eigenvalue weighted by Crippen LogP contribution is 2.37.